The summed E-state index contributed by atoms with van der Waals surface area (Å²) in [4.78, 5) is 0. The van der Waals surface area contributed by atoms with Crippen LogP contribution >= 0.6 is 0 Å². The van der Waals surface area contributed by atoms with Crippen molar-refractivity contribution in [3.05, 3.63) is 42.6 Å². The molecule has 0 fully saturated rings. The van der Waals surface area contributed by atoms with E-state index in [1.165, 1.54) is 12.1 Å². The number of aryl methyl sites for hydroxylation is 1. The van der Waals surface area contributed by atoms with E-state index in [9.17, 15) is 4.39 Å². The Hall–Kier alpha value is -0.344. The predicted octanol–water partition coefficient (Wildman–Crippen LogP) is 2.59. The topological polar surface area (TPSA) is 0 Å². The molecule has 2 heteroatoms. The monoisotopic (exact) mass is 196 g/mol. The minimum atomic E-state index is -0.173. The summed E-state index contributed by atoms with van der Waals surface area (Å²) in [5.74, 6) is -0.173. The van der Waals surface area contributed by atoms with Crippen LogP contribution in [0.3, 0.4) is 0 Å². The fraction of sp³-hybridized carbons (Fsp3) is 0.222. The van der Waals surface area contributed by atoms with Gasteiger partial charge < -0.3 is 6.92 Å². The molecule has 0 saturated heterocycles. The summed E-state index contributed by atoms with van der Waals surface area (Å²) in [5.41, 5.74) is 1.15. The normalized spacial score (nSPS) is 8.91. The molecule has 1 aromatic carbocycles. The minimum absolute atomic E-state index is 0. The van der Waals surface area contributed by atoms with Gasteiger partial charge in [-0.3, -0.25) is 0 Å². The van der Waals surface area contributed by atoms with Crippen LogP contribution in [0, 0.1) is 12.7 Å². The van der Waals surface area contributed by atoms with Crippen LogP contribution in [0.2, 0.25) is 0 Å². The van der Waals surface area contributed by atoms with Crippen molar-refractivity contribution in [2.24, 2.45) is 0 Å². The summed E-state index contributed by atoms with van der Waals surface area (Å²) in [6, 6.07) is 6.54. The first-order valence-corrected chi connectivity index (χ1v) is 3.36. The van der Waals surface area contributed by atoms with E-state index in [-0.39, 0.29) is 22.6 Å². The predicted molar refractivity (Wildman–Crippen MR) is 40.1 cm³/mol. The minimum Gasteiger partial charge on any atom is -0.343 e. The number of halogens is 1. The second-order valence-electron chi connectivity index (χ2n) is 2.23. The van der Waals surface area contributed by atoms with Crippen molar-refractivity contribution in [1.29, 1.82) is 0 Å². The van der Waals surface area contributed by atoms with Crippen LogP contribution in [-0.4, -0.2) is 0 Å². The zero-order valence-electron chi connectivity index (χ0n) is 6.14. The first kappa shape index (κ1) is 10.7. The summed E-state index contributed by atoms with van der Waals surface area (Å²) in [6.07, 6.45) is 1.80. The van der Waals surface area contributed by atoms with E-state index in [0.717, 1.165) is 18.4 Å². The van der Waals surface area contributed by atoms with Crippen LogP contribution in [0.4, 0.5) is 4.39 Å². The molecule has 0 amide bonds. The Morgan fingerprint density at radius 2 is 1.73 bits per heavy atom. The fourth-order valence-electron chi connectivity index (χ4n) is 0.855. The fourth-order valence-corrected chi connectivity index (χ4v) is 0.855. The maximum atomic E-state index is 12.3. The molecular formula is C9H10CoF-. The molecule has 1 rings (SSSR count). The third-order valence-electron chi connectivity index (χ3n) is 1.38. The third-order valence-corrected chi connectivity index (χ3v) is 1.38. The summed E-state index contributed by atoms with van der Waals surface area (Å²) in [7, 11) is 0. The average molecular weight is 196 g/mol. The molecule has 0 spiro atoms. The Morgan fingerprint density at radius 1 is 1.18 bits per heavy atom. The van der Waals surface area contributed by atoms with Crippen LogP contribution in [0.15, 0.2) is 24.3 Å². The summed E-state index contributed by atoms with van der Waals surface area (Å²) >= 11 is 0. The van der Waals surface area contributed by atoms with Crippen molar-refractivity contribution in [3.8, 4) is 0 Å². The standard InChI is InChI=1S/C9H10F.Co/c1-2-3-8-4-6-9(10)7-5-8;/h4-7H,1-3H2;/q-1;. The van der Waals surface area contributed by atoms with Gasteiger partial charge in [0, 0.05) is 16.8 Å². The van der Waals surface area contributed by atoms with E-state index in [1.54, 1.807) is 12.1 Å². The molecule has 63 valence electrons. The van der Waals surface area contributed by atoms with Crippen LogP contribution in [0.5, 0.6) is 0 Å². The molecule has 0 unspecified atom stereocenters. The van der Waals surface area contributed by atoms with Gasteiger partial charge in [0.2, 0.25) is 0 Å². The average Bonchev–Trinajstić information content (AvgIpc) is 1.95. The van der Waals surface area contributed by atoms with Crippen molar-refractivity contribution in [3.63, 3.8) is 0 Å². The Labute approximate surface area is 77.0 Å². The SMILES string of the molecule is [CH2-]CCc1ccc(F)cc1.[Co]. The van der Waals surface area contributed by atoms with Gasteiger partial charge in [-0.05, 0) is 12.1 Å². The Morgan fingerprint density at radius 3 is 2.18 bits per heavy atom. The molecule has 0 aliphatic rings. The Kier molecular flexibility index (Phi) is 5.16. The van der Waals surface area contributed by atoms with Gasteiger partial charge in [-0.1, -0.05) is 24.1 Å². The van der Waals surface area contributed by atoms with Gasteiger partial charge in [0.05, 0.1) is 0 Å². The van der Waals surface area contributed by atoms with Crippen molar-refractivity contribution in [2.45, 2.75) is 12.8 Å². The molecule has 1 radical (unpaired) electrons. The van der Waals surface area contributed by atoms with Gasteiger partial charge >= 0.3 is 0 Å². The van der Waals surface area contributed by atoms with Crippen LogP contribution in [-0.2, 0) is 23.2 Å². The zero-order chi connectivity index (χ0) is 7.40. The number of benzene rings is 1. The van der Waals surface area contributed by atoms with Crippen molar-refractivity contribution >= 4 is 0 Å². The smallest absolute Gasteiger partial charge is 0.123 e. The zero-order valence-corrected chi connectivity index (χ0v) is 7.18. The summed E-state index contributed by atoms with van der Waals surface area (Å²) in [6.45, 7) is 3.71. The molecule has 0 atom stereocenters. The first-order valence-electron chi connectivity index (χ1n) is 3.36. The van der Waals surface area contributed by atoms with Gasteiger partial charge in [0.25, 0.3) is 0 Å². The quantitative estimate of drug-likeness (QED) is 0.637. The molecule has 0 nitrogen and oxygen atoms in total. The van der Waals surface area contributed by atoms with Gasteiger partial charge in [-0.25, -0.2) is 4.39 Å². The number of hydrogen-bond acceptors (Lipinski definition) is 0. The summed E-state index contributed by atoms with van der Waals surface area (Å²) < 4.78 is 12.3. The maximum absolute atomic E-state index is 12.3. The van der Waals surface area contributed by atoms with E-state index >= 15 is 0 Å². The van der Waals surface area contributed by atoms with Gasteiger partial charge in [0.1, 0.15) is 5.82 Å². The van der Waals surface area contributed by atoms with E-state index < -0.39 is 0 Å². The van der Waals surface area contributed by atoms with Crippen LogP contribution in [0.25, 0.3) is 0 Å². The molecule has 1 aromatic rings. The second-order valence-corrected chi connectivity index (χ2v) is 2.23. The molecule has 0 aliphatic heterocycles. The molecule has 0 heterocycles. The van der Waals surface area contributed by atoms with Crippen molar-refractivity contribution in [2.75, 3.05) is 0 Å². The van der Waals surface area contributed by atoms with Gasteiger partial charge in [-0.2, -0.15) is 6.42 Å². The second kappa shape index (κ2) is 5.33. The van der Waals surface area contributed by atoms with Crippen molar-refractivity contribution < 1.29 is 21.2 Å². The van der Waals surface area contributed by atoms with E-state index in [4.69, 9.17) is 0 Å². The molecular weight excluding hydrogens is 186 g/mol. The van der Waals surface area contributed by atoms with E-state index in [1.807, 2.05) is 0 Å². The molecule has 0 aromatic heterocycles. The number of rotatable bonds is 2. The van der Waals surface area contributed by atoms with E-state index in [2.05, 4.69) is 6.92 Å². The Balaban J connectivity index is 0.000001000. The molecule has 0 N–H and O–H groups in total. The third kappa shape index (κ3) is 3.53. The van der Waals surface area contributed by atoms with Crippen LogP contribution < -0.4 is 0 Å². The Bertz CT molecular complexity index is 193. The molecule has 0 bridgehead atoms. The first-order chi connectivity index (χ1) is 4.83. The van der Waals surface area contributed by atoms with Crippen molar-refractivity contribution in [1.82, 2.24) is 0 Å². The van der Waals surface area contributed by atoms with E-state index in [0.29, 0.717) is 0 Å². The summed E-state index contributed by atoms with van der Waals surface area (Å²) in [5, 5.41) is 0. The molecule has 11 heavy (non-hydrogen) atoms. The maximum Gasteiger partial charge on any atom is 0.123 e. The largest absolute Gasteiger partial charge is 0.343 e. The van der Waals surface area contributed by atoms with Gasteiger partial charge in [-0.15, -0.1) is 0 Å². The number of hydrogen-bond donors (Lipinski definition) is 0. The van der Waals surface area contributed by atoms with Gasteiger partial charge in [0.15, 0.2) is 0 Å². The van der Waals surface area contributed by atoms with Crippen LogP contribution in [0.1, 0.15) is 12.0 Å². The molecule has 0 saturated carbocycles. The molecule has 0 aliphatic carbocycles.